The fourth-order valence-corrected chi connectivity index (χ4v) is 4.37. The van der Waals surface area contributed by atoms with Gasteiger partial charge < -0.3 is 9.47 Å². The van der Waals surface area contributed by atoms with Crippen LogP contribution in [0.1, 0.15) is 49.8 Å². The molecule has 0 bridgehead atoms. The maximum atomic E-state index is 12.2. The summed E-state index contributed by atoms with van der Waals surface area (Å²) in [6.07, 6.45) is 8.51. The molecule has 2 aliphatic heterocycles. The van der Waals surface area contributed by atoms with Gasteiger partial charge >= 0.3 is 0 Å². The lowest BCUT2D eigenvalue weighted by atomic mass is 10.2. The van der Waals surface area contributed by atoms with Crippen LogP contribution in [0.15, 0.2) is 15.5 Å². The van der Waals surface area contributed by atoms with Gasteiger partial charge in [-0.25, -0.2) is 4.68 Å². The minimum absolute atomic E-state index is 0.113. The maximum absolute atomic E-state index is 12.2. The van der Waals surface area contributed by atoms with Crippen LogP contribution >= 0.6 is 15.9 Å². The van der Waals surface area contributed by atoms with Crippen molar-refractivity contribution in [3.8, 4) is 0 Å². The molecule has 128 valence electrons. The number of fused-ring (bicyclic) bond motifs is 1. The Bertz CT molecular complexity index is 813. The highest BCUT2D eigenvalue weighted by Crippen LogP contribution is 2.38. The van der Waals surface area contributed by atoms with Gasteiger partial charge in [-0.2, -0.15) is 5.10 Å². The minimum Gasteiger partial charge on any atom is -0.359 e. The Kier molecular flexibility index (Phi) is 4.15. The largest absolute Gasteiger partial charge is 0.359 e. The molecule has 0 N–H and O–H groups in total. The molecule has 1 unspecified atom stereocenters. The van der Waals surface area contributed by atoms with E-state index in [1.807, 2.05) is 0 Å². The van der Waals surface area contributed by atoms with Crippen LogP contribution in [-0.2, 0) is 20.0 Å². The summed E-state index contributed by atoms with van der Waals surface area (Å²) in [6, 6.07) is 0.162. The zero-order chi connectivity index (χ0) is 16.7. The van der Waals surface area contributed by atoms with Crippen molar-refractivity contribution in [2.45, 2.75) is 51.1 Å². The third-order valence-electron chi connectivity index (χ3n) is 5.06. The standard InChI is InChI=1S/C16H21BrN6O/c1-21-16(24)14(17)12(10-18-21)22-9-5-6-11(22)15-20-19-13-7-3-2-4-8-23(13)15/h10-11H,2-9H2,1H3. The van der Waals surface area contributed by atoms with Crippen LogP contribution in [0.5, 0.6) is 0 Å². The Morgan fingerprint density at radius 3 is 2.92 bits per heavy atom. The Morgan fingerprint density at radius 1 is 1.17 bits per heavy atom. The van der Waals surface area contributed by atoms with E-state index in [2.05, 4.69) is 40.7 Å². The van der Waals surface area contributed by atoms with E-state index in [9.17, 15) is 4.79 Å². The van der Waals surface area contributed by atoms with Crippen LogP contribution in [0.25, 0.3) is 0 Å². The molecular weight excluding hydrogens is 372 g/mol. The first-order valence-corrected chi connectivity index (χ1v) is 9.36. The highest BCUT2D eigenvalue weighted by Gasteiger charge is 2.33. The highest BCUT2D eigenvalue weighted by molar-refractivity contribution is 9.10. The van der Waals surface area contributed by atoms with E-state index in [0.717, 1.165) is 49.7 Å². The first-order chi connectivity index (χ1) is 11.7. The average Bonchev–Trinajstić information content (AvgIpc) is 3.13. The van der Waals surface area contributed by atoms with Gasteiger partial charge in [-0.15, -0.1) is 10.2 Å². The predicted molar refractivity (Wildman–Crippen MR) is 94.1 cm³/mol. The van der Waals surface area contributed by atoms with Crippen LogP contribution in [-0.4, -0.2) is 31.1 Å². The molecule has 2 aliphatic rings. The van der Waals surface area contributed by atoms with Crippen LogP contribution < -0.4 is 10.5 Å². The fourth-order valence-electron chi connectivity index (χ4n) is 3.78. The molecule has 24 heavy (non-hydrogen) atoms. The first-order valence-electron chi connectivity index (χ1n) is 8.57. The molecule has 7 nitrogen and oxygen atoms in total. The molecule has 2 aromatic rings. The van der Waals surface area contributed by atoms with E-state index in [-0.39, 0.29) is 11.6 Å². The van der Waals surface area contributed by atoms with Gasteiger partial charge in [0.1, 0.15) is 10.3 Å². The van der Waals surface area contributed by atoms with Gasteiger partial charge in [0.2, 0.25) is 0 Å². The quantitative estimate of drug-likeness (QED) is 0.783. The van der Waals surface area contributed by atoms with Gasteiger partial charge in [0.05, 0.1) is 17.9 Å². The summed E-state index contributed by atoms with van der Waals surface area (Å²) in [4.78, 5) is 14.5. The number of hydrogen-bond acceptors (Lipinski definition) is 5. The summed E-state index contributed by atoms with van der Waals surface area (Å²) in [5.74, 6) is 2.15. The van der Waals surface area contributed by atoms with Crippen molar-refractivity contribution in [2.24, 2.45) is 7.05 Å². The molecule has 0 spiro atoms. The lowest BCUT2D eigenvalue weighted by Crippen LogP contribution is -2.29. The van der Waals surface area contributed by atoms with Gasteiger partial charge in [0.25, 0.3) is 5.56 Å². The Balaban J connectivity index is 1.73. The summed E-state index contributed by atoms with van der Waals surface area (Å²) in [5, 5.41) is 13.1. The van der Waals surface area contributed by atoms with Crippen LogP contribution in [0.4, 0.5) is 5.69 Å². The van der Waals surface area contributed by atoms with Crippen molar-refractivity contribution < 1.29 is 0 Å². The van der Waals surface area contributed by atoms with Gasteiger partial charge in [-0.05, 0) is 41.6 Å². The zero-order valence-corrected chi connectivity index (χ0v) is 15.4. The van der Waals surface area contributed by atoms with Gasteiger partial charge in [0.15, 0.2) is 5.82 Å². The predicted octanol–water partition coefficient (Wildman–Crippen LogP) is 2.20. The van der Waals surface area contributed by atoms with Crippen molar-refractivity contribution in [1.82, 2.24) is 24.5 Å². The monoisotopic (exact) mass is 392 g/mol. The van der Waals surface area contributed by atoms with Crippen LogP contribution in [0.3, 0.4) is 0 Å². The van der Waals surface area contributed by atoms with Crippen molar-refractivity contribution in [3.63, 3.8) is 0 Å². The summed E-state index contributed by atoms with van der Waals surface area (Å²) in [6.45, 7) is 1.90. The van der Waals surface area contributed by atoms with Gasteiger partial charge in [-0.3, -0.25) is 4.79 Å². The molecule has 4 rings (SSSR count). The summed E-state index contributed by atoms with van der Waals surface area (Å²) >= 11 is 3.46. The van der Waals surface area contributed by atoms with E-state index < -0.39 is 0 Å². The third kappa shape index (κ3) is 2.56. The van der Waals surface area contributed by atoms with Gasteiger partial charge in [0, 0.05) is 26.6 Å². The number of aryl methyl sites for hydroxylation is 2. The number of rotatable bonds is 2. The van der Waals surface area contributed by atoms with Crippen molar-refractivity contribution in [3.05, 3.63) is 32.7 Å². The normalized spacial score (nSPS) is 20.9. The second-order valence-corrected chi connectivity index (χ2v) is 7.35. The van der Waals surface area contributed by atoms with E-state index in [4.69, 9.17) is 0 Å². The molecule has 1 atom stereocenters. The van der Waals surface area contributed by atoms with Crippen molar-refractivity contribution in [2.75, 3.05) is 11.4 Å². The number of halogens is 1. The first kappa shape index (κ1) is 15.8. The van der Waals surface area contributed by atoms with E-state index >= 15 is 0 Å². The SMILES string of the molecule is Cn1ncc(N2CCCC2c2nnc3n2CCCCC3)c(Br)c1=O. The number of hydrogen-bond donors (Lipinski definition) is 0. The number of anilines is 1. The second-order valence-electron chi connectivity index (χ2n) is 6.56. The number of nitrogens with zero attached hydrogens (tertiary/aromatic N) is 6. The molecule has 0 saturated carbocycles. The smallest absolute Gasteiger partial charge is 0.282 e. The highest BCUT2D eigenvalue weighted by atomic mass is 79.9. The van der Waals surface area contributed by atoms with Crippen molar-refractivity contribution >= 4 is 21.6 Å². The van der Waals surface area contributed by atoms with E-state index in [1.54, 1.807) is 13.2 Å². The lowest BCUT2D eigenvalue weighted by molar-refractivity contribution is 0.558. The molecule has 0 aliphatic carbocycles. The van der Waals surface area contributed by atoms with Crippen LogP contribution in [0, 0.1) is 0 Å². The topological polar surface area (TPSA) is 68.8 Å². The molecular formula is C16H21BrN6O. The fraction of sp³-hybridized carbons (Fsp3) is 0.625. The van der Waals surface area contributed by atoms with Crippen LogP contribution in [0.2, 0.25) is 0 Å². The van der Waals surface area contributed by atoms with E-state index in [1.165, 1.54) is 23.9 Å². The second kappa shape index (κ2) is 6.31. The third-order valence-corrected chi connectivity index (χ3v) is 5.80. The molecule has 8 heteroatoms. The van der Waals surface area contributed by atoms with E-state index in [0.29, 0.717) is 4.47 Å². The molecule has 0 aromatic carbocycles. The Morgan fingerprint density at radius 2 is 2.04 bits per heavy atom. The molecule has 0 radical (unpaired) electrons. The van der Waals surface area contributed by atoms with Crippen molar-refractivity contribution in [1.29, 1.82) is 0 Å². The molecule has 4 heterocycles. The number of aromatic nitrogens is 5. The Labute approximate surface area is 148 Å². The van der Waals surface area contributed by atoms with Gasteiger partial charge in [-0.1, -0.05) is 6.42 Å². The summed E-state index contributed by atoms with van der Waals surface area (Å²) in [7, 11) is 1.66. The average molecular weight is 393 g/mol. The molecule has 1 fully saturated rings. The molecule has 2 aromatic heterocycles. The Hall–Kier alpha value is -1.70. The maximum Gasteiger partial charge on any atom is 0.282 e. The molecule has 1 saturated heterocycles. The minimum atomic E-state index is -0.113. The molecule has 0 amide bonds. The zero-order valence-electron chi connectivity index (χ0n) is 13.8. The lowest BCUT2D eigenvalue weighted by Gasteiger charge is -2.27. The summed E-state index contributed by atoms with van der Waals surface area (Å²) in [5.41, 5.74) is 0.741. The summed E-state index contributed by atoms with van der Waals surface area (Å²) < 4.78 is 4.22.